The number of benzene rings is 2. The minimum Gasteiger partial charge on any atom is -0.465 e. The smallest absolute Gasteiger partial charge is 0.337 e. The lowest BCUT2D eigenvalue weighted by atomic mass is 10.1. The van der Waals surface area contributed by atoms with E-state index in [-0.39, 0.29) is 5.56 Å². The molecule has 7 heteroatoms. The molecule has 0 unspecified atom stereocenters. The van der Waals surface area contributed by atoms with Crippen LogP contribution in [0.5, 0.6) is 0 Å². The number of hydrogen-bond donors (Lipinski definition) is 0. The zero-order chi connectivity index (χ0) is 19.4. The zero-order valence-electron chi connectivity index (χ0n) is 14.9. The van der Waals surface area contributed by atoms with Gasteiger partial charge in [-0.3, -0.25) is 4.90 Å². The maximum Gasteiger partial charge on any atom is 0.337 e. The number of halogens is 2. The van der Waals surface area contributed by atoms with E-state index in [0.29, 0.717) is 49.5 Å². The summed E-state index contributed by atoms with van der Waals surface area (Å²) in [7, 11) is 1.25. The quantitative estimate of drug-likeness (QED) is 0.774. The number of methoxy groups -OCH3 is 1. The van der Waals surface area contributed by atoms with Crippen molar-refractivity contribution in [3.8, 4) is 6.07 Å². The highest BCUT2D eigenvalue weighted by molar-refractivity contribution is 5.89. The number of carbonyl (C=O) groups excluding carboxylic acids is 1. The van der Waals surface area contributed by atoms with Crippen molar-refractivity contribution >= 4 is 11.7 Å². The molecule has 0 saturated carbocycles. The Bertz CT molecular complexity index is 887. The minimum absolute atomic E-state index is 0.180. The van der Waals surface area contributed by atoms with Gasteiger partial charge in [0.2, 0.25) is 0 Å². The molecule has 1 saturated heterocycles. The third-order valence-electron chi connectivity index (χ3n) is 4.66. The lowest BCUT2D eigenvalue weighted by Crippen LogP contribution is -2.46. The zero-order valence-corrected chi connectivity index (χ0v) is 14.9. The summed E-state index contributed by atoms with van der Waals surface area (Å²) in [4.78, 5) is 15.5. The number of piperazine rings is 1. The van der Waals surface area contributed by atoms with Crippen molar-refractivity contribution in [3.05, 3.63) is 64.7 Å². The molecule has 1 aliphatic heterocycles. The molecule has 0 N–H and O–H groups in total. The Hall–Kier alpha value is -2.98. The molecule has 1 aliphatic rings. The summed E-state index contributed by atoms with van der Waals surface area (Å²) in [6.07, 6.45) is 0. The maximum atomic E-state index is 14.2. The maximum absolute atomic E-state index is 14.2. The van der Waals surface area contributed by atoms with E-state index in [1.54, 1.807) is 24.3 Å². The van der Waals surface area contributed by atoms with Crippen LogP contribution >= 0.6 is 0 Å². The van der Waals surface area contributed by atoms with E-state index in [4.69, 9.17) is 5.26 Å². The molecule has 0 aromatic heterocycles. The average molecular weight is 371 g/mol. The van der Waals surface area contributed by atoms with Crippen LogP contribution in [0.15, 0.2) is 36.4 Å². The molecular weight excluding hydrogens is 352 g/mol. The van der Waals surface area contributed by atoms with Gasteiger partial charge in [0.1, 0.15) is 11.6 Å². The van der Waals surface area contributed by atoms with Crippen molar-refractivity contribution in [1.82, 2.24) is 4.90 Å². The predicted molar refractivity (Wildman–Crippen MR) is 96.3 cm³/mol. The van der Waals surface area contributed by atoms with Crippen LogP contribution in [0, 0.1) is 23.0 Å². The Kier molecular flexibility index (Phi) is 5.67. The first kappa shape index (κ1) is 18.8. The highest BCUT2D eigenvalue weighted by Crippen LogP contribution is 2.23. The summed E-state index contributed by atoms with van der Waals surface area (Å²) >= 11 is 0. The van der Waals surface area contributed by atoms with E-state index < -0.39 is 17.6 Å². The molecular formula is C20H19F2N3O2. The predicted octanol–water partition coefficient (Wildman–Crippen LogP) is 2.95. The molecule has 3 rings (SSSR count). The Morgan fingerprint density at radius 1 is 1.11 bits per heavy atom. The van der Waals surface area contributed by atoms with Crippen LogP contribution in [0.4, 0.5) is 14.5 Å². The number of esters is 1. The van der Waals surface area contributed by atoms with Gasteiger partial charge in [-0.1, -0.05) is 6.07 Å². The van der Waals surface area contributed by atoms with Crippen LogP contribution in [0.1, 0.15) is 21.5 Å². The van der Waals surface area contributed by atoms with E-state index in [2.05, 4.69) is 9.64 Å². The van der Waals surface area contributed by atoms with E-state index in [1.807, 2.05) is 11.0 Å². The van der Waals surface area contributed by atoms with Gasteiger partial charge < -0.3 is 9.64 Å². The van der Waals surface area contributed by atoms with Crippen molar-refractivity contribution in [2.75, 3.05) is 38.2 Å². The first-order valence-electron chi connectivity index (χ1n) is 8.55. The van der Waals surface area contributed by atoms with Gasteiger partial charge in [-0.2, -0.15) is 5.26 Å². The molecule has 140 valence electrons. The number of carbonyl (C=O) groups is 1. The molecule has 0 radical (unpaired) electrons. The highest BCUT2D eigenvalue weighted by atomic mass is 19.1. The molecule has 0 atom stereocenters. The molecule has 0 amide bonds. The second kappa shape index (κ2) is 8.14. The monoisotopic (exact) mass is 371 g/mol. The lowest BCUT2D eigenvalue weighted by Gasteiger charge is -2.36. The molecule has 0 bridgehead atoms. The van der Waals surface area contributed by atoms with Crippen LogP contribution in [0.3, 0.4) is 0 Å². The molecule has 2 aromatic rings. The number of nitriles is 1. The Morgan fingerprint density at radius 3 is 2.44 bits per heavy atom. The number of rotatable bonds is 4. The Labute approximate surface area is 156 Å². The van der Waals surface area contributed by atoms with E-state index in [9.17, 15) is 13.6 Å². The SMILES string of the molecule is COC(=O)c1ccc(CN2CCN(c3ccc(C#N)cc3F)CC2)c(F)c1. The fourth-order valence-corrected chi connectivity index (χ4v) is 3.14. The number of anilines is 1. The Balaban J connectivity index is 1.62. The van der Waals surface area contributed by atoms with Crippen LogP contribution in [-0.2, 0) is 11.3 Å². The molecule has 27 heavy (non-hydrogen) atoms. The molecule has 0 aliphatic carbocycles. The van der Waals surface area contributed by atoms with Gasteiger partial charge >= 0.3 is 5.97 Å². The van der Waals surface area contributed by atoms with Crippen molar-refractivity contribution in [1.29, 1.82) is 5.26 Å². The molecule has 2 aromatic carbocycles. The van der Waals surface area contributed by atoms with Gasteiger partial charge in [0, 0.05) is 38.3 Å². The van der Waals surface area contributed by atoms with Crippen molar-refractivity contribution in [3.63, 3.8) is 0 Å². The fourth-order valence-electron chi connectivity index (χ4n) is 3.14. The summed E-state index contributed by atoms with van der Waals surface area (Å²) in [6.45, 7) is 2.92. The Morgan fingerprint density at radius 2 is 1.85 bits per heavy atom. The normalized spacial score (nSPS) is 14.7. The van der Waals surface area contributed by atoms with Crippen LogP contribution in [0.25, 0.3) is 0 Å². The third-order valence-corrected chi connectivity index (χ3v) is 4.66. The van der Waals surface area contributed by atoms with E-state index in [1.165, 1.54) is 19.2 Å². The minimum atomic E-state index is -0.571. The molecule has 1 heterocycles. The van der Waals surface area contributed by atoms with Gasteiger partial charge in [-0.05, 0) is 30.3 Å². The number of nitrogens with zero attached hydrogens (tertiary/aromatic N) is 3. The summed E-state index contributed by atoms with van der Waals surface area (Å²) in [6, 6.07) is 10.7. The van der Waals surface area contributed by atoms with Crippen molar-refractivity contribution < 1.29 is 18.3 Å². The summed E-state index contributed by atoms with van der Waals surface area (Å²) in [5.41, 5.74) is 1.45. The van der Waals surface area contributed by atoms with Gasteiger partial charge in [-0.25, -0.2) is 13.6 Å². The largest absolute Gasteiger partial charge is 0.465 e. The summed E-state index contributed by atoms with van der Waals surface area (Å²) in [5.74, 6) is -1.43. The fraction of sp³-hybridized carbons (Fsp3) is 0.300. The van der Waals surface area contributed by atoms with Gasteiger partial charge in [0.25, 0.3) is 0 Å². The third kappa shape index (κ3) is 4.23. The first-order chi connectivity index (χ1) is 13.0. The van der Waals surface area contributed by atoms with Gasteiger partial charge in [0.05, 0.1) is 30.0 Å². The lowest BCUT2D eigenvalue weighted by molar-refractivity contribution is 0.0600. The van der Waals surface area contributed by atoms with Gasteiger partial charge in [-0.15, -0.1) is 0 Å². The van der Waals surface area contributed by atoms with Crippen molar-refractivity contribution in [2.24, 2.45) is 0 Å². The standard InChI is InChI=1S/C20H19F2N3O2/c1-27-20(26)15-3-4-16(17(21)11-15)13-24-6-8-25(9-7-24)19-5-2-14(12-23)10-18(19)22/h2-5,10-11H,6-9,13H2,1H3. The van der Waals surface area contributed by atoms with Gasteiger partial charge in [0.15, 0.2) is 0 Å². The molecule has 1 fully saturated rings. The second-order valence-corrected chi connectivity index (χ2v) is 6.34. The molecule has 0 spiro atoms. The highest BCUT2D eigenvalue weighted by Gasteiger charge is 2.21. The molecule has 5 nitrogen and oxygen atoms in total. The second-order valence-electron chi connectivity index (χ2n) is 6.34. The van der Waals surface area contributed by atoms with E-state index >= 15 is 0 Å². The summed E-state index contributed by atoms with van der Waals surface area (Å²) < 4.78 is 33.0. The van der Waals surface area contributed by atoms with Crippen molar-refractivity contribution in [2.45, 2.75) is 6.54 Å². The number of ether oxygens (including phenoxy) is 1. The summed E-state index contributed by atoms with van der Waals surface area (Å²) in [5, 5.41) is 8.83. The van der Waals surface area contributed by atoms with Crippen LogP contribution in [-0.4, -0.2) is 44.2 Å². The van der Waals surface area contributed by atoms with Crippen LogP contribution in [0.2, 0.25) is 0 Å². The topological polar surface area (TPSA) is 56.6 Å². The van der Waals surface area contributed by atoms with E-state index in [0.717, 1.165) is 0 Å². The van der Waals surface area contributed by atoms with Crippen LogP contribution < -0.4 is 4.90 Å². The number of hydrogen-bond acceptors (Lipinski definition) is 5. The average Bonchev–Trinajstić information content (AvgIpc) is 2.69. The first-order valence-corrected chi connectivity index (χ1v) is 8.55.